The van der Waals surface area contributed by atoms with Crippen molar-refractivity contribution in [2.75, 3.05) is 20.1 Å². The van der Waals surface area contributed by atoms with Gasteiger partial charge in [-0.15, -0.1) is 0 Å². The summed E-state index contributed by atoms with van der Waals surface area (Å²) in [5.74, 6) is 0. The summed E-state index contributed by atoms with van der Waals surface area (Å²) in [6.07, 6.45) is 3.71. The molecule has 18 heavy (non-hydrogen) atoms. The van der Waals surface area contributed by atoms with E-state index < -0.39 is 0 Å². The first-order valence-corrected chi connectivity index (χ1v) is 7.22. The third-order valence-electron chi connectivity index (χ3n) is 3.93. The Balaban J connectivity index is 1.90. The van der Waals surface area contributed by atoms with Crippen LogP contribution in [0.15, 0.2) is 24.3 Å². The first kappa shape index (κ1) is 13.9. The van der Waals surface area contributed by atoms with Crippen molar-refractivity contribution in [3.05, 3.63) is 34.9 Å². The molecule has 2 nitrogen and oxygen atoms in total. The molecule has 1 aliphatic rings. The number of halogens is 1. The maximum absolute atomic E-state index is 5.92. The number of nitrogens with one attached hydrogen (secondary N) is 1. The molecule has 1 heterocycles. The third kappa shape index (κ3) is 3.71. The second-order valence-electron chi connectivity index (χ2n) is 5.30. The Labute approximate surface area is 115 Å². The lowest BCUT2D eigenvalue weighted by Crippen LogP contribution is -2.48. The van der Waals surface area contributed by atoms with E-state index in [2.05, 4.69) is 36.3 Å². The van der Waals surface area contributed by atoms with Crippen molar-refractivity contribution in [1.29, 1.82) is 0 Å². The molecule has 0 saturated carbocycles. The van der Waals surface area contributed by atoms with Gasteiger partial charge in [-0.1, -0.05) is 23.7 Å². The normalized spacial score (nSPS) is 22.9. The first-order valence-electron chi connectivity index (χ1n) is 6.85. The van der Waals surface area contributed by atoms with Gasteiger partial charge in [-0.3, -0.25) is 4.90 Å². The molecule has 1 aromatic rings. The van der Waals surface area contributed by atoms with Crippen LogP contribution in [0.3, 0.4) is 0 Å². The van der Waals surface area contributed by atoms with Crippen LogP contribution in [-0.4, -0.2) is 37.1 Å². The van der Waals surface area contributed by atoms with Crippen LogP contribution in [0, 0.1) is 0 Å². The highest BCUT2D eigenvalue weighted by Crippen LogP contribution is 2.17. The van der Waals surface area contributed by atoms with Crippen molar-refractivity contribution in [1.82, 2.24) is 10.2 Å². The van der Waals surface area contributed by atoms with E-state index >= 15 is 0 Å². The summed E-state index contributed by atoms with van der Waals surface area (Å²) in [7, 11) is 2.07. The second kappa shape index (κ2) is 6.55. The molecule has 1 N–H and O–H groups in total. The lowest BCUT2D eigenvalue weighted by atomic mass is 10.0. The summed E-state index contributed by atoms with van der Waals surface area (Å²) in [6, 6.07) is 9.50. The highest BCUT2D eigenvalue weighted by Gasteiger charge is 2.22. The number of nitrogens with zero attached hydrogens (tertiary/aromatic N) is 1. The van der Waals surface area contributed by atoms with Gasteiger partial charge < -0.3 is 5.32 Å². The van der Waals surface area contributed by atoms with Crippen LogP contribution in [0.1, 0.15) is 25.3 Å². The van der Waals surface area contributed by atoms with Gasteiger partial charge in [0, 0.05) is 23.7 Å². The van der Waals surface area contributed by atoms with Gasteiger partial charge in [0.05, 0.1) is 0 Å². The van der Waals surface area contributed by atoms with Gasteiger partial charge in [0.25, 0.3) is 0 Å². The zero-order valence-electron chi connectivity index (χ0n) is 11.3. The van der Waals surface area contributed by atoms with Crippen LogP contribution in [0.4, 0.5) is 0 Å². The molecule has 2 unspecified atom stereocenters. The zero-order chi connectivity index (χ0) is 13.0. The smallest absolute Gasteiger partial charge is 0.0406 e. The van der Waals surface area contributed by atoms with Gasteiger partial charge in [-0.05, 0) is 57.5 Å². The molecule has 1 aromatic carbocycles. The van der Waals surface area contributed by atoms with Crippen LogP contribution >= 0.6 is 11.6 Å². The standard InChI is InChI=1S/C15H23ClN2/c1-12(10-13-5-7-14(16)8-6-13)18-9-3-4-15(11-18)17-2/h5-8,12,15,17H,3-4,9-11H2,1-2H3. The van der Waals surface area contributed by atoms with Crippen LogP contribution < -0.4 is 5.32 Å². The molecule has 0 amide bonds. The van der Waals surface area contributed by atoms with E-state index in [1.165, 1.54) is 31.5 Å². The van der Waals surface area contributed by atoms with Gasteiger partial charge in [0.15, 0.2) is 0 Å². The van der Waals surface area contributed by atoms with Crippen LogP contribution in [0.2, 0.25) is 5.02 Å². The molecular weight excluding hydrogens is 244 g/mol. The minimum absolute atomic E-state index is 0.599. The van der Waals surface area contributed by atoms with Gasteiger partial charge in [-0.2, -0.15) is 0 Å². The SMILES string of the molecule is CNC1CCCN(C(C)Cc2ccc(Cl)cc2)C1. The van der Waals surface area contributed by atoms with Crippen molar-refractivity contribution < 1.29 is 0 Å². The molecule has 0 aromatic heterocycles. The molecule has 0 aliphatic carbocycles. The maximum atomic E-state index is 5.92. The monoisotopic (exact) mass is 266 g/mol. The number of benzene rings is 1. The Morgan fingerprint density at radius 2 is 2.11 bits per heavy atom. The molecule has 3 heteroatoms. The zero-order valence-corrected chi connectivity index (χ0v) is 12.1. The van der Waals surface area contributed by atoms with Crippen molar-refractivity contribution in [2.24, 2.45) is 0 Å². The van der Waals surface area contributed by atoms with E-state index in [1.807, 2.05) is 12.1 Å². The minimum atomic E-state index is 0.599. The van der Waals surface area contributed by atoms with Crippen molar-refractivity contribution >= 4 is 11.6 Å². The Bertz CT molecular complexity index is 363. The predicted molar refractivity (Wildman–Crippen MR) is 78.3 cm³/mol. The molecule has 0 bridgehead atoms. The van der Waals surface area contributed by atoms with Crippen molar-refractivity contribution in [2.45, 2.75) is 38.3 Å². The Morgan fingerprint density at radius 3 is 2.78 bits per heavy atom. The van der Waals surface area contributed by atoms with E-state index in [-0.39, 0.29) is 0 Å². The third-order valence-corrected chi connectivity index (χ3v) is 4.18. The molecule has 1 aliphatic heterocycles. The second-order valence-corrected chi connectivity index (χ2v) is 5.74. The van der Waals surface area contributed by atoms with E-state index in [1.54, 1.807) is 0 Å². The maximum Gasteiger partial charge on any atom is 0.0406 e. The lowest BCUT2D eigenvalue weighted by Gasteiger charge is -2.36. The Kier molecular flexibility index (Phi) is 5.04. The number of piperidine rings is 1. The summed E-state index contributed by atoms with van der Waals surface area (Å²) in [4.78, 5) is 2.60. The highest BCUT2D eigenvalue weighted by molar-refractivity contribution is 6.30. The van der Waals surface area contributed by atoms with E-state index in [0.29, 0.717) is 12.1 Å². The van der Waals surface area contributed by atoms with Crippen LogP contribution in [0.25, 0.3) is 0 Å². The summed E-state index contributed by atoms with van der Waals surface area (Å²) in [5, 5.41) is 4.22. The Hall–Kier alpha value is -0.570. The summed E-state index contributed by atoms with van der Waals surface area (Å²) in [6.45, 7) is 4.73. The largest absolute Gasteiger partial charge is 0.316 e. The fourth-order valence-electron chi connectivity index (χ4n) is 2.73. The van der Waals surface area contributed by atoms with Gasteiger partial charge in [0.2, 0.25) is 0 Å². The predicted octanol–water partition coefficient (Wildman–Crippen LogP) is 2.95. The lowest BCUT2D eigenvalue weighted by molar-refractivity contribution is 0.148. The summed E-state index contributed by atoms with van der Waals surface area (Å²) in [5.41, 5.74) is 1.37. The molecule has 2 atom stereocenters. The highest BCUT2D eigenvalue weighted by atomic mass is 35.5. The molecule has 0 radical (unpaired) electrons. The minimum Gasteiger partial charge on any atom is -0.316 e. The summed E-state index contributed by atoms with van der Waals surface area (Å²) < 4.78 is 0. The topological polar surface area (TPSA) is 15.3 Å². The number of rotatable bonds is 4. The van der Waals surface area contributed by atoms with Crippen molar-refractivity contribution in [3.63, 3.8) is 0 Å². The average Bonchev–Trinajstić information content (AvgIpc) is 2.41. The van der Waals surface area contributed by atoms with Gasteiger partial charge in [0.1, 0.15) is 0 Å². The molecule has 1 fully saturated rings. The molecule has 1 saturated heterocycles. The molecular formula is C15H23ClN2. The fraction of sp³-hybridized carbons (Fsp3) is 0.600. The molecule has 2 rings (SSSR count). The quantitative estimate of drug-likeness (QED) is 0.902. The van der Waals surface area contributed by atoms with Crippen molar-refractivity contribution in [3.8, 4) is 0 Å². The van der Waals surface area contributed by atoms with E-state index in [4.69, 9.17) is 11.6 Å². The number of hydrogen-bond acceptors (Lipinski definition) is 2. The first-order chi connectivity index (χ1) is 8.69. The average molecular weight is 267 g/mol. The van der Waals surface area contributed by atoms with Crippen LogP contribution in [-0.2, 0) is 6.42 Å². The number of likely N-dealkylation sites (tertiary alicyclic amines) is 1. The van der Waals surface area contributed by atoms with E-state index in [9.17, 15) is 0 Å². The molecule has 100 valence electrons. The van der Waals surface area contributed by atoms with Gasteiger partial charge >= 0.3 is 0 Å². The fourth-order valence-corrected chi connectivity index (χ4v) is 2.86. The van der Waals surface area contributed by atoms with Gasteiger partial charge in [-0.25, -0.2) is 0 Å². The van der Waals surface area contributed by atoms with E-state index in [0.717, 1.165) is 11.4 Å². The molecule has 0 spiro atoms. The summed E-state index contributed by atoms with van der Waals surface area (Å²) >= 11 is 5.92. The number of hydrogen-bond donors (Lipinski definition) is 1. The number of likely N-dealkylation sites (N-methyl/N-ethyl adjacent to an activating group) is 1. The Morgan fingerprint density at radius 1 is 1.39 bits per heavy atom. The van der Waals surface area contributed by atoms with Crippen LogP contribution in [0.5, 0.6) is 0 Å².